The van der Waals surface area contributed by atoms with Crippen LogP contribution in [0.3, 0.4) is 0 Å². The van der Waals surface area contributed by atoms with Crippen LogP contribution in [0.5, 0.6) is 0 Å². The summed E-state index contributed by atoms with van der Waals surface area (Å²) in [5.41, 5.74) is 1.96. The lowest BCUT2D eigenvalue weighted by Gasteiger charge is -2.13. The predicted octanol–water partition coefficient (Wildman–Crippen LogP) is 2.19. The molecule has 0 aliphatic heterocycles. The summed E-state index contributed by atoms with van der Waals surface area (Å²) in [4.78, 5) is 35.8. The van der Waals surface area contributed by atoms with Crippen molar-refractivity contribution in [3.8, 4) is 0 Å². The Morgan fingerprint density at radius 1 is 1.10 bits per heavy atom. The number of nitrogens with one attached hydrogen (secondary N) is 1. The van der Waals surface area contributed by atoms with Crippen molar-refractivity contribution in [1.82, 2.24) is 9.88 Å². The van der Waals surface area contributed by atoms with Gasteiger partial charge >= 0.3 is 11.7 Å². The number of likely N-dealkylation sites (N-methyl/N-ethyl adjacent to an activating group) is 1. The van der Waals surface area contributed by atoms with E-state index < -0.39 is 17.8 Å². The lowest BCUT2D eigenvalue weighted by Crippen LogP contribution is -2.38. The second-order valence-electron chi connectivity index (χ2n) is 6.89. The van der Waals surface area contributed by atoms with Gasteiger partial charge in [0.1, 0.15) is 11.6 Å². The molecule has 1 unspecified atom stereocenters. The summed E-state index contributed by atoms with van der Waals surface area (Å²) in [6.45, 7) is 2.74. The molecule has 0 fully saturated rings. The van der Waals surface area contributed by atoms with Crippen LogP contribution >= 0.6 is 0 Å². The standard InChI is InChI=1S/C22H24N2O5/c1-2-23-18(21(26)27)14-16-11-9-15(10-12-16)6-5-13-24-20(25)17-7-3-4-8-19(17)29-22(24)28/h3-4,7-12,18,23H,2,5-6,13-14H2,1H3,(H,26,27). The maximum atomic E-state index is 12.5. The molecule has 152 valence electrons. The van der Waals surface area contributed by atoms with Gasteiger partial charge in [-0.2, -0.15) is 0 Å². The average Bonchev–Trinajstić information content (AvgIpc) is 2.71. The molecule has 7 nitrogen and oxygen atoms in total. The summed E-state index contributed by atoms with van der Waals surface area (Å²) in [5, 5.41) is 12.6. The number of hydrogen-bond donors (Lipinski definition) is 2. The zero-order chi connectivity index (χ0) is 20.8. The minimum Gasteiger partial charge on any atom is -0.480 e. The number of benzene rings is 2. The van der Waals surface area contributed by atoms with E-state index in [0.717, 1.165) is 15.7 Å². The fourth-order valence-corrected chi connectivity index (χ4v) is 3.31. The number of nitrogens with zero attached hydrogens (tertiary/aromatic N) is 1. The Morgan fingerprint density at radius 2 is 1.79 bits per heavy atom. The van der Waals surface area contributed by atoms with Gasteiger partial charge in [-0.25, -0.2) is 9.36 Å². The maximum Gasteiger partial charge on any atom is 0.422 e. The van der Waals surface area contributed by atoms with Crippen LogP contribution in [-0.2, 0) is 24.2 Å². The summed E-state index contributed by atoms with van der Waals surface area (Å²) in [5.74, 6) is -1.51. The lowest BCUT2D eigenvalue weighted by atomic mass is 10.0. The summed E-state index contributed by atoms with van der Waals surface area (Å²) >= 11 is 0. The SMILES string of the molecule is CCNC(Cc1ccc(CCCn2c(=O)oc3ccccc3c2=O)cc1)C(=O)O. The number of carbonyl (C=O) groups is 1. The molecule has 0 saturated heterocycles. The number of aliphatic carboxylic acids is 1. The quantitative estimate of drug-likeness (QED) is 0.575. The molecule has 29 heavy (non-hydrogen) atoms. The highest BCUT2D eigenvalue weighted by Gasteiger charge is 2.16. The van der Waals surface area contributed by atoms with Crippen LogP contribution in [-0.4, -0.2) is 28.2 Å². The first kappa shape index (κ1) is 20.5. The predicted molar refractivity (Wildman–Crippen MR) is 110 cm³/mol. The van der Waals surface area contributed by atoms with Gasteiger partial charge in [-0.1, -0.05) is 43.3 Å². The lowest BCUT2D eigenvalue weighted by molar-refractivity contribution is -0.139. The first-order chi connectivity index (χ1) is 14.0. The molecule has 2 aromatic carbocycles. The van der Waals surface area contributed by atoms with Gasteiger partial charge in [-0.15, -0.1) is 0 Å². The van der Waals surface area contributed by atoms with Gasteiger partial charge in [0.25, 0.3) is 5.56 Å². The molecule has 0 aliphatic rings. The average molecular weight is 396 g/mol. The van der Waals surface area contributed by atoms with E-state index in [-0.39, 0.29) is 12.1 Å². The van der Waals surface area contributed by atoms with Gasteiger partial charge in [-0.05, 0) is 49.1 Å². The van der Waals surface area contributed by atoms with Crippen molar-refractivity contribution in [1.29, 1.82) is 0 Å². The molecule has 0 saturated carbocycles. The van der Waals surface area contributed by atoms with Crippen molar-refractivity contribution in [3.05, 3.63) is 80.6 Å². The summed E-state index contributed by atoms with van der Waals surface area (Å²) < 4.78 is 6.35. The molecule has 3 aromatic rings. The van der Waals surface area contributed by atoms with Gasteiger partial charge in [0.05, 0.1) is 5.39 Å². The Labute approximate surface area is 167 Å². The number of carboxylic acids is 1. The Morgan fingerprint density at radius 3 is 2.48 bits per heavy atom. The number of hydrogen-bond acceptors (Lipinski definition) is 5. The molecule has 0 aliphatic carbocycles. The zero-order valence-electron chi connectivity index (χ0n) is 16.3. The number of aryl methyl sites for hydroxylation is 1. The van der Waals surface area contributed by atoms with Crippen molar-refractivity contribution in [2.24, 2.45) is 0 Å². The molecule has 0 radical (unpaired) electrons. The Bertz CT molecular complexity index is 1100. The number of aromatic nitrogens is 1. The first-order valence-corrected chi connectivity index (χ1v) is 9.66. The normalized spacial score (nSPS) is 12.2. The van der Waals surface area contributed by atoms with Crippen molar-refractivity contribution >= 4 is 16.9 Å². The second-order valence-corrected chi connectivity index (χ2v) is 6.89. The third-order valence-electron chi connectivity index (χ3n) is 4.84. The molecule has 0 bridgehead atoms. The molecule has 1 atom stereocenters. The number of rotatable bonds is 9. The third kappa shape index (κ3) is 5.00. The summed E-state index contributed by atoms with van der Waals surface area (Å²) in [6.07, 6.45) is 1.71. The molecule has 2 N–H and O–H groups in total. The minimum absolute atomic E-state index is 0.273. The van der Waals surface area contributed by atoms with Crippen LogP contribution < -0.4 is 16.6 Å². The number of carboxylic acid groups (broad SMARTS) is 1. The summed E-state index contributed by atoms with van der Waals surface area (Å²) in [6, 6.07) is 13.8. The Balaban J connectivity index is 1.63. The fraction of sp³-hybridized carbons (Fsp3) is 0.318. The molecule has 3 rings (SSSR count). The molecule has 1 heterocycles. The van der Waals surface area contributed by atoms with Gasteiger partial charge in [0.2, 0.25) is 0 Å². The molecular weight excluding hydrogens is 372 g/mol. The van der Waals surface area contributed by atoms with E-state index in [1.54, 1.807) is 24.3 Å². The molecule has 0 amide bonds. The van der Waals surface area contributed by atoms with Crippen LogP contribution in [0.2, 0.25) is 0 Å². The van der Waals surface area contributed by atoms with Crippen LogP contribution in [0.25, 0.3) is 11.0 Å². The number of fused-ring (bicyclic) bond motifs is 1. The maximum absolute atomic E-state index is 12.5. The highest BCUT2D eigenvalue weighted by Crippen LogP contribution is 2.10. The van der Waals surface area contributed by atoms with E-state index in [4.69, 9.17) is 4.42 Å². The number of para-hydroxylation sites is 1. The van der Waals surface area contributed by atoms with Crippen molar-refractivity contribution in [2.45, 2.75) is 38.8 Å². The van der Waals surface area contributed by atoms with E-state index in [2.05, 4.69) is 5.32 Å². The zero-order valence-corrected chi connectivity index (χ0v) is 16.3. The topological polar surface area (TPSA) is 102 Å². The Kier molecular flexibility index (Phi) is 6.61. The van der Waals surface area contributed by atoms with Crippen LogP contribution in [0.1, 0.15) is 24.5 Å². The van der Waals surface area contributed by atoms with Gasteiger partial charge in [-0.3, -0.25) is 9.59 Å². The Hall–Kier alpha value is -3.19. The van der Waals surface area contributed by atoms with Gasteiger partial charge in [0, 0.05) is 6.54 Å². The summed E-state index contributed by atoms with van der Waals surface area (Å²) in [7, 11) is 0. The minimum atomic E-state index is -0.865. The van der Waals surface area contributed by atoms with E-state index in [1.165, 1.54) is 0 Å². The fourth-order valence-electron chi connectivity index (χ4n) is 3.31. The molecule has 1 aromatic heterocycles. The first-order valence-electron chi connectivity index (χ1n) is 9.66. The van der Waals surface area contributed by atoms with E-state index >= 15 is 0 Å². The third-order valence-corrected chi connectivity index (χ3v) is 4.84. The molecule has 7 heteroatoms. The van der Waals surface area contributed by atoms with Gasteiger partial charge in [0.15, 0.2) is 0 Å². The van der Waals surface area contributed by atoms with Crippen molar-refractivity contribution in [2.75, 3.05) is 6.54 Å². The van der Waals surface area contributed by atoms with Crippen LogP contribution in [0, 0.1) is 0 Å². The molecular formula is C22H24N2O5. The van der Waals surface area contributed by atoms with Crippen molar-refractivity contribution < 1.29 is 14.3 Å². The monoisotopic (exact) mass is 396 g/mol. The van der Waals surface area contributed by atoms with E-state index in [1.807, 2.05) is 31.2 Å². The van der Waals surface area contributed by atoms with Crippen molar-refractivity contribution in [3.63, 3.8) is 0 Å². The molecule has 0 spiro atoms. The largest absolute Gasteiger partial charge is 0.480 e. The highest BCUT2D eigenvalue weighted by molar-refractivity contribution is 5.75. The highest BCUT2D eigenvalue weighted by atomic mass is 16.4. The van der Waals surface area contributed by atoms with E-state index in [9.17, 15) is 19.5 Å². The van der Waals surface area contributed by atoms with Gasteiger partial charge < -0.3 is 14.8 Å². The smallest absolute Gasteiger partial charge is 0.422 e. The van der Waals surface area contributed by atoms with Crippen LogP contribution in [0.15, 0.2) is 62.5 Å². The van der Waals surface area contributed by atoms with E-state index in [0.29, 0.717) is 36.8 Å². The second kappa shape index (κ2) is 9.34. The van der Waals surface area contributed by atoms with Crippen LogP contribution in [0.4, 0.5) is 0 Å².